The Morgan fingerprint density at radius 2 is 2.16 bits per heavy atom. The monoisotopic (exact) mass is 258 g/mol. The van der Waals surface area contributed by atoms with Crippen molar-refractivity contribution in [3.8, 4) is 11.5 Å². The fraction of sp³-hybridized carbons (Fsp3) is 0. The number of pyridine rings is 1. The summed E-state index contributed by atoms with van der Waals surface area (Å²) in [6.45, 7) is 0. The molecule has 0 radical (unpaired) electrons. The van der Waals surface area contributed by atoms with Crippen LogP contribution in [0.1, 0.15) is 10.4 Å². The number of nitrogens with zero attached hydrogens (tertiary/aromatic N) is 2. The molecule has 0 saturated heterocycles. The Labute approximate surface area is 106 Å². The molecule has 0 aliphatic heterocycles. The number of hydrogen-bond donors (Lipinski definition) is 1. The van der Waals surface area contributed by atoms with Crippen molar-refractivity contribution in [2.45, 2.75) is 0 Å². The molecule has 0 amide bonds. The second-order valence-electron chi connectivity index (χ2n) is 3.83. The van der Waals surface area contributed by atoms with Crippen molar-refractivity contribution < 1.29 is 18.7 Å². The highest BCUT2D eigenvalue weighted by Gasteiger charge is 2.17. The zero-order valence-electron chi connectivity index (χ0n) is 9.50. The van der Waals surface area contributed by atoms with Crippen molar-refractivity contribution in [1.29, 1.82) is 0 Å². The summed E-state index contributed by atoms with van der Waals surface area (Å²) in [5.41, 5.74) is 0.650. The van der Waals surface area contributed by atoms with Crippen LogP contribution in [-0.2, 0) is 0 Å². The molecule has 1 N–H and O–H groups in total. The normalized spacial score (nSPS) is 10.8. The van der Waals surface area contributed by atoms with Gasteiger partial charge in [-0.1, -0.05) is 6.07 Å². The van der Waals surface area contributed by atoms with E-state index in [0.29, 0.717) is 5.58 Å². The summed E-state index contributed by atoms with van der Waals surface area (Å²) in [6, 6.07) is 5.96. The van der Waals surface area contributed by atoms with Gasteiger partial charge in [-0.3, -0.25) is 4.98 Å². The molecule has 5 nitrogen and oxygen atoms in total. The molecule has 94 valence electrons. The molecule has 0 bridgehead atoms. The fourth-order valence-electron chi connectivity index (χ4n) is 1.78. The highest BCUT2D eigenvalue weighted by molar-refractivity contribution is 6.00. The lowest BCUT2D eigenvalue weighted by molar-refractivity contribution is 0.0699. The third-order valence-electron chi connectivity index (χ3n) is 2.65. The van der Waals surface area contributed by atoms with Crippen LogP contribution >= 0.6 is 0 Å². The summed E-state index contributed by atoms with van der Waals surface area (Å²) in [7, 11) is 0. The predicted molar refractivity (Wildman–Crippen MR) is 64.2 cm³/mol. The van der Waals surface area contributed by atoms with Crippen LogP contribution in [0, 0.1) is 5.82 Å². The van der Waals surface area contributed by atoms with E-state index in [2.05, 4.69) is 9.97 Å². The van der Waals surface area contributed by atoms with Crippen molar-refractivity contribution in [2.75, 3.05) is 0 Å². The van der Waals surface area contributed by atoms with Crippen LogP contribution in [0.15, 0.2) is 41.1 Å². The first-order valence-corrected chi connectivity index (χ1v) is 5.39. The third kappa shape index (κ3) is 1.83. The molecule has 6 heteroatoms. The van der Waals surface area contributed by atoms with Gasteiger partial charge in [0.25, 0.3) is 0 Å². The molecule has 0 spiro atoms. The maximum Gasteiger partial charge on any atom is 0.338 e. The number of aromatic nitrogens is 2. The largest absolute Gasteiger partial charge is 0.478 e. The van der Waals surface area contributed by atoms with E-state index >= 15 is 0 Å². The molecule has 0 aliphatic rings. The van der Waals surface area contributed by atoms with Crippen molar-refractivity contribution in [2.24, 2.45) is 0 Å². The molecular weight excluding hydrogens is 251 g/mol. The maximum atomic E-state index is 13.6. The number of hydrogen-bond acceptors (Lipinski definition) is 4. The summed E-state index contributed by atoms with van der Waals surface area (Å²) in [6.07, 6.45) is 2.45. The first-order chi connectivity index (χ1) is 9.16. The molecular formula is C13H7FN2O3. The average molecular weight is 258 g/mol. The number of carbonyl (C=O) groups is 1. The minimum atomic E-state index is -1.11. The van der Waals surface area contributed by atoms with E-state index in [-0.39, 0.29) is 22.5 Å². The summed E-state index contributed by atoms with van der Waals surface area (Å²) in [4.78, 5) is 18.7. The topological polar surface area (TPSA) is 76.2 Å². The molecule has 0 aliphatic carbocycles. The Morgan fingerprint density at radius 3 is 2.89 bits per heavy atom. The Morgan fingerprint density at radius 1 is 1.32 bits per heavy atom. The summed E-state index contributed by atoms with van der Waals surface area (Å²) >= 11 is 0. The summed E-state index contributed by atoms with van der Waals surface area (Å²) in [5.74, 6) is -1.66. The van der Waals surface area contributed by atoms with E-state index in [1.807, 2.05) is 0 Å². The second-order valence-corrected chi connectivity index (χ2v) is 3.83. The molecule has 3 rings (SSSR count). The Bertz CT molecular complexity index is 782. The van der Waals surface area contributed by atoms with Crippen LogP contribution < -0.4 is 0 Å². The van der Waals surface area contributed by atoms with Gasteiger partial charge in [-0.05, 0) is 18.2 Å². The van der Waals surface area contributed by atoms with Gasteiger partial charge in [-0.15, -0.1) is 0 Å². The number of carboxylic acid groups (broad SMARTS) is 1. The number of halogens is 1. The molecule has 2 aromatic heterocycles. The number of aromatic carboxylic acids is 1. The quantitative estimate of drug-likeness (QED) is 0.764. The van der Waals surface area contributed by atoms with Crippen LogP contribution in [0.25, 0.3) is 22.6 Å². The number of carboxylic acids is 1. The van der Waals surface area contributed by atoms with Gasteiger partial charge in [0, 0.05) is 6.20 Å². The Balaban J connectivity index is 2.26. The van der Waals surface area contributed by atoms with E-state index < -0.39 is 11.8 Å². The van der Waals surface area contributed by atoms with Gasteiger partial charge in [0.1, 0.15) is 5.52 Å². The zero-order valence-corrected chi connectivity index (χ0v) is 9.50. The third-order valence-corrected chi connectivity index (χ3v) is 2.65. The first-order valence-electron chi connectivity index (χ1n) is 5.39. The summed E-state index contributed by atoms with van der Waals surface area (Å²) < 4.78 is 19.0. The molecule has 0 fully saturated rings. The van der Waals surface area contributed by atoms with E-state index in [1.54, 1.807) is 12.1 Å². The van der Waals surface area contributed by atoms with Crippen molar-refractivity contribution in [1.82, 2.24) is 9.97 Å². The highest BCUT2D eigenvalue weighted by Crippen LogP contribution is 2.27. The second kappa shape index (κ2) is 4.16. The molecule has 0 unspecified atom stereocenters. The molecule has 0 saturated carbocycles. The van der Waals surface area contributed by atoms with Crippen molar-refractivity contribution in [3.63, 3.8) is 0 Å². The molecule has 2 heterocycles. The van der Waals surface area contributed by atoms with E-state index in [4.69, 9.17) is 9.52 Å². The molecule has 19 heavy (non-hydrogen) atoms. The van der Waals surface area contributed by atoms with Gasteiger partial charge in [-0.25, -0.2) is 14.2 Å². The summed E-state index contributed by atoms with van der Waals surface area (Å²) in [5, 5.41) is 9.05. The lowest BCUT2D eigenvalue weighted by Gasteiger charge is -1.94. The standard InChI is InChI=1S/C13H7FN2O3/c14-9-6-15-5-4-7(9)12-16-11-8(13(17)18)2-1-3-10(11)19-12/h1-6H,(H,17,18). The van der Waals surface area contributed by atoms with Gasteiger partial charge < -0.3 is 9.52 Å². The van der Waals surface area contributed by atoms with E-state index in [1.165, 1.54) is 18.3 Å². The Kier molecular flexibility index (Phi) is 2.49. The van der Waals surface area contributed by atoms with Crippen molar-refractivity contribution >= 4 is 17.1 Å². The SMILES string of the molecule is O=C(O)c1cccc2oc(-c3ccncc3F)nc12. The number of fused-ring (bicyclic) bond motifs is 1. The molecule has 1 aromatic carbocycles. The number of oxazole rings is 1. The number of rotatable bonds is 2. The average Bonchev–Trinajstić information content (AvgIpc) is 2.82. The van der Waals surface area contributed by atoms with Gasteiger partial charge in [0.15, 0.2) is 11.4 Å². The van der Waals surface area contributed by atoms with Crippen LogP contribution in [-0.4, -0.2) is 21.0 Å². The fourth-order valence-corrected chi connectivity index (χ4v) is 1.78. The van der Waals surface area contributed by atoms with Gasteiger partial charge >= 0.3 is 5.97 Å². The minimum Gasteiger partial charge on any atom is -0.478 e. The minimum absolute atomic E-state index is 0.0157. The van der Waals surface area contributed by atoms with E-state index in [0.717, 1.165) is 6.20 Å². The lowest BCUT2D eigenvalue weighted by Crippen LogP contribution is -1.96. The lowest BCUT2D eigenvalue weighted by atomic mass is 10.2. The van der Waals surface area contributed by atoms with Crippen LogP contribution in [0.2, 0.25) is 0 Å². The number of benzene rings is 1. The smallest absolute Gasteiger partial charge is 0.338 e. The first kappa shape index (κ1) is 11.3. The molecule has 3 aromatic rings. The van der Waals surface area contributed by atoms with E-state index in [9.17, 15) is 9.18 Å². The van der Waals surface area contributed by atoms with Crippen LogP contribution in [0.5, 0.6) is 0 Å². The van der Waals surface area contributed by atoms with Crippen LogP contribution in [0.4, 0.5) is 4.39 Å². The van der Waals surface area contributed by atoms with Gasteiger partial charge in [0.05, 0.1) is 17.3 Å². The molecule has 0 atom stereocenters. The van der Waals surface area contributed by atoms with Gasteiger partial charge in [-0.2, -0.15) is 0 Å². The maximum absolute atomic E-state index is 13.6. The zero-order chi connectivity index (χ0) is 13.4. The van der Waals surface area contributed by atoms with Gasteiger partial charge in [0.2, 0.25) is 5.89 Å². The Hall–Kier alpha value is -2.76. The highest BCUT2D eigenvalue weighted by atomic mass is 19.1. The number of para-hydroxylation sites is 1. The van der Waals surface area contributed by atoms with Crippen LogP contribution in [0.3, 0.4) is 0 Å². The van der Waals surface area contributed by atoms with Crippen molar-refractivity contribution in [3.05, 3.63) is 48.0 Å². The predicted octanol–water partition coefficient (Wildman–Crippen LogP) is 2.73.